The molecule has 1 N–H and O–H groups in total. The van der Waals surface area contributed by atoms with Crippen LogP contribution >= 0.6 is 11.8 Å². The number of rotatable bonds is 6. The molecule has 0 spiro atoms. The van der Waals surface area contributed by atoms with E-state index in [1.165, 1.54) is 11.8 Å². The Morgan fingerprint density at radius 1 is 1.26 bits per heavy atom. The van der Waals surface area contributed by atoms with Gasteiger partial charge in [-0.2, -0.15) is 0 Å². The summed E-state index contributed by atoms with van der Waals surface area (Å²) in [7, 11) is 3.52. The van der Waals surface area contributed by atoms with E-state index in [4.69, 9.17) is 4.74 Å². The summed E-state index contributed by atoms with van der Waals surface area (Å²) >= 11 is 1.37. The molecule has 1 aromatic carbocycles. The van der Waals surface area contributed by atoms with E-state index in [-0.39, 0.29) is 5.78 Å². The number of hydrogen-bond donors (Lipinski definition) is 1. The highest BCUT2D eigenvalue weighted by Gasteiger charge is 2.14. The van der Waals surface area contributed by atoms with Gasteiger partial charge in [-0.3, -0.25) is 4.79 Å². The quantitative estimate of drug-likeness (QED) is 0.556. The van der Waals surface area contributed by atoms with E-state index in [0.717, 1.165) is 17.1 Å². The van der Waals surface area contributed by atoms with Crippen molar-refractivity contribution in [2.24, 2.45) is 7.05 Å². The summed E-state index contributed by atoms with van der Waals surface area (Å²) in [6.07, 6.45) is 1.74. The van der Waals surface area contributed by atoms with Crippen molar-refractivity contribution in [1.82, 2.24) is 19.7 Å². The van der Waals surface area contributed by atoms with Gasteiger partial charge in [0, 0.05) is 18.8 Å². The van der Waals surface area contributed by atoms with Crippen LogP contribution in [0.2, 0.25) is 0 Å². The zero-order valence-corrected chi connectivity index (χ0v) is 13.6. The Bertz CT molecular complexity index is 794. The second kappa shape index (κ2) is 6.70. The van der Waals surface area contributed by atoms with Gasteiger partial charge in [0.05, 0.1) is 18.6 Å². The number of nitrogens with zero attached hydrogens (tertiary/aromatic N) is 3. The van der Waals surface area contributed by atoms with E-state index >= 15 is 0 Å². The van der Waals surface area contributed by atoms with Crippen molar-refractivity contribution in [2.45, 2.75) is 5.16 Å². The highest BCUT2D eigenvalue weighted by atomic mass is 32.2. The van der Waals surface area contributed by atoms with Crippen molar-refractivity contribution in [2.75, 3.05) is 12.9 Å². The van der Waals surface area contributed by atoms with Crippen LogP contribution in [0, 0.1) is 0 Å². The van der Waals surface area contributed by atoms with Gasteiger partial charge in [-0.05, 0) is 36.4 Å². The number of aromatic amines is 1. The second-order valence-corrected chi connectivity index (χ2v) is 5.83. The molecule has 6 nitrogen and oxygen atoms in total. The normalized spacial score (nSPS) is 10.7. The molecule has 7 heteroatoms. The Morgan fingerprint density at radius 3 is 2.70 bits per heavy atom. The summed E-state index contributed by atoms with van der Waals surface area (Å²) in [5, 5.41) is 9.09. The molecule has 23 heavy (non-hydrogen) atoms. The van der Waals surface area contributed by atoms with E-state index in [9.17, 15) is 4.79 Å². The SMILES string of the molecule is COc1ccc(-c2nnc(SCC(=O)c3ccc[nH]3)n2C)cc1. The number of carbonyl (C=O) groups excluding carboxylic acids is 1. The Labute approximate surface area is 137 Å². The molecule has 0 amide bonds. The molecule has 0 unspecified atom stereocenters. The number of thioether (sulfide) groups is 1. The minimum atomic E-state index is 0.0361. The molecule has 0 aliphatic rings. The number of hydrogen-bond acceptors (Lipinski definition) is 5. The van der Waals surface area contributed by atoms with Gasteiger partial charge < -0.3 is 14.3 Å². The third-order valence-corrected chi connectivity index (χ3v) is 4.43. The fraction of sp³-hybridized carbons (Fsp3) is 0.188. The van der Waals surface area contributed by atoms with Gasteiger partial charge in [-0.1, -0.05) is 11.8 Å². The van der Waals surface area contributed by atoms with Crippen LogP contribution in [-0.2, 0) is 7.05 Å². The largest absolute Gasteiger partial charge is 0.497 e. The molecule has 0 radical (unpaired) electrons. The predicted molar refractivity (Wildman–Crippen MR) is 88.8 cm³/mol. The minimum Gasteiger partial charge on any atom is -0.497 e. The highest BCUT2D eigenvalue weighted by Crippen LogP contribution is 2.24. The smallest absolute Gasteiger partial charge is 0.191 e. The topological polar surface area (TPSA) is 72.8 Å². The van der Waals surface area contributed by atoms with Crippen molar-refractivity contribution < 1.29 is 9.53 Å². The van der Waals surface area contributed by atoms with Gasteiger partial charge >= 0.3 is 0 Å². The van der Waals surface area contributed by atoms with Crippen molar-refractivity contribution in [3.05, 3.63) is 48.3 Å². The van der Waals surface area contributed by atoms with Gasteiger partial charge in [-0.15, -0.1) is 10.2 Å². The number of carbonyl (C=O) groups is 1. The zero-order valence-electron chi connectivity index (χ0n) is 12.8. The molecule has 0 fully saturated rings. The van der Waals surface area contributed by atoms with Gasteiger partial charge in [0.25, 0.3) is 0 Å². The van der Waals surface area contributed by atoms with Gasteiger partial charge in [-0.25, -0.2) is 0 Å². The predicted octanol–water partition coefficient (Wildman–Crippen LogP) is 2.79. The first-order valence-electron chi connectivity index (χ1n) is 7.02. The number of ketones is 1. The maximum absolute atomic E-state index is 12.0. The zero-order chi connectivity index (χ0) is 16.2. The molecular formula is C16H16N4O2S. The Hall–Kier alpha value is -2.54. The third kappa shape index (κ3) is 3.29. The maximum Gasteiger partial charge on any atom is 0.191 e. The van der Waals surface area contributed by atoms with E-state index < -0.39 is 0 Å². The number of aromatic nitrogens is 4. The van der Waals surface area contributed by atoms with Crippen molar-refractivity contribution >= 4 is 17.5 Å². The first kappa shape index (κ1) is 15.4. The van der Waals surface area contributed by atoms with E-state index in [1.807, 2.05) is 41.9 Å². The van der Waals surface area contributed by atoms with Gasteiger partial charge in [0.15, 0.2) is 16.8 Å². The van der Waals surface area contributed by atoms with Gasteiger partial charge in [0.1, 0.15) is 5.75 Å². The fourth-order valence-corrected chi connectivity index (χ4v) is 2.94. The lowest BCUT2D eigenvalue weighted by molar-refractivity contribution is 0.101. The van der Waals surface area contributed by atoms with Crippen LogP contribution in [0.1, 0.15) is 10.5 Å². The first-order valence-corrected chi connectivity index (χ1v) is 8.01. The second-order valence-electron chi connectivity index (χ2n) is 4.89. The molecule has 0 aliphatic carbocycles. The summed E-state index contributed by atoms with van der Waals surface area (Å²) < 4.78 is 7.04. The molecule has 0 bridgehead atoms. The van der Waals surface area contributed by atoms with Crippen molar-refractivity contribution in [1.29, 1.82) is 0 Å². The summed E-state index contributed by atoms with van der Waals surface area (Å²) in [5.41, 5.74) is 1.55. The summed E-state index contributed by atoms with van der Waals surface area (Å²) in [5.74, 6) is 1.90. The molecule has 0 saturated heterocycles. The lowest BCUT2D eigenvalue weighted by Gasteiger charge is -2.04. The molecule has 2 heterocycles. The number of methoxy groups -OCH3 is 1. The molecule has 0 aliphatic heterocycles. The number of ether oxygens (including phenoxy) is 1. The van der Waals surface area contributed by atoms with Crippen molar-refractivity contribution in [3.8, 4) is 17.1 Å². The molecular weight excluding hydrogens is 312 g/mol. The van der Waals surface area contributed by atoms with E-state index in [0.29, 0.717) is 16.6 Å². The van der Waals surface area contributed by atoms with Crippen LogP contribution in [0.3, 0.4) is 0 Å². The van der Waals surface area contributed by atoms with E-state index in [1.54, 1.807) is 19.4 Å². The fourth-order valence-electron chi connectivity index (χ4n) is 2.14. The number of benzene rings is 1. The molecule has 0 atom stereocenters. The first-order chi connectivity index (χ1) is 11.2. The minimum absolute atomic E-state index is 0.0361. The average molecular weight is 328 g/mol. The van der Waals surface area contributed by atoms with Crippen LogP contribution in [0.5, 0.6) is 5.75 Å². The number of H-pyrrole nitrogens is 1. The Morgan fingerprint density at radius 2 is 2.04 bits per heavy atom. The molecule has 0 saturated carbocycles. The van der Waals surface area contributed by atoms with E-state index in [2.05, 4.69) is 15.2 Å². The number of nitrogens with one attached hydrogen (secondary N) is 1. The van der Waals surface area contributed by atoms with Crippen LogP contribution < -0.4 is 4.74 Å². The molecule has 3 aromatic rings. The molecule has 118 valence electrons. The number of Topliss-reactive ketones (excluding diaryl/α,β-unsaturated/α-hetero) is 1. The Kier molecular flexibility index (Phi) is 4.47. The summed E-state index contributed by atoms with van der Waals surface area (Å²) in [6.45, 7) is 0. The van der Waals surface area contributed by atoms with Crippen LogP contribution in [-0.4, -0.2) is 38.4 Å². The molecule has 2 aromatic heterocycles. The lowest BCUT2D eigenvalue weighted by Crippen LogP contribution is -2.04. The van der Waals surface area contributed by atoms with Gasteiger partial charge in [0.2, 0.25) is 0 Å². The highest BCUT2D eigenvalue weighted by molar-refractivity contribution is 7.99. The van der Waals surface area contributed by atoms with Crippen LogP contribution in [0.4, 0.5) is 0 Å². The maximum atomic E-state index is 12.0. The van der Waals surface area contributed by atoms with Crippen LogP contribution in [0.15, 0.2) is 47.8 Å². The summed E-state index contributed by atoms with van der Waals surface area (Å²) in [6, 6.07) is 11.2. The van der Waals surface area contributed by atoms with Crippen LogP contribution in [0.25, 0.3) is 11.4 Å². The standard InChI is InChI=1S/C16H16N4O2S/c1-20-15(11-5-7-12(22-2)8-6-11)18-19-16(20)23-10-14(21)13-4-3-9-17-13/h3-9,17H,10H2,1-2H3. The van der Waals surface area contributed by atoms with Crippen molar-refractivity contribution in [3.63, 3.8) is 0 Å². The third-order valence-electron chi connectivity index (χ3n) is 3.41. The summed E-state index contributed by atoms with van der Waals surface area (Å²) in [4.78, 5) is 14.9. The monoisotopic (exact) mass is 328 g/mol. The average Bonchev–Trinajstić information content (AvgIpc) is 3.23. The molecule has 3 rings (SSSR count). The Balaban J connectivity index is 1.72. The lowest BCUT2D eigenvalue weighted by atomic mass is 10.2.